The zero-order valence-electron chi connectivity index (χ0n) is 15.4. The normalized spacial score (nSPS) is 19.2. The maximum atomic E-state index is 12.9. The Balaban J connectivity index is 1.76. The van der Waals surface area contributed by atoms with E-state index >= 15 is 0 Å². The molecule has 0 fully saturated rings. The van der Waals surface area contributed by atoms with Gasteiger partial charge in [-0.05, 0) is 42.9 Å². The number of benzene rings is 2. The number of hydrogen-bond donors (Lipinski definition) is 0. The van der Waals surface area contributed by atoms with Crippen LogP contribution in [0.2, 0.25) is 0 Å². The average Bonchev–Trinajstić information content (AvgIpc) is 3.12. The lowest BCUT2D eigenvalue weighted by atomic mass is 9.84. The fourth-order valence-corrected chi connectivity index (χ4v) is 3.81. The molecule has 2 aromatic carbocycles. The Hall–Kier alpha value is -2.48. The summed E-state index contributed by atoms with van der Waals surface area (Å²) in [7, 11) is 0. The van der Waals surface area contributed by atoms with Crippen LogP contribution in [0.4, 0.5) is 0 Å². The number of unbranched alkanes of at least 4 members (excludes halogenated alkanes) is 1. The molecular weight excluding hydrogens is 320 g/mol. The molecule has 0 radical (unpaired) electrons. The number of allylic oxidation sites excluding steroid dienone is 2. The van der Waals surface area contributed by atoms with Gasteiger partial charge in [-0.3, -0.25) is 4.79 Å². The van der Waals surface area contributed by atoms with Gasteiger partial charge in [0.2, 0.25) is 0 Å². The van der Waals surface area contributed by atoms with Crippen LogP contribution in [-0.2, 0) is 9.59 Å². The van der Waals surface area contributed by atoms with Crippen LogP contribution < -0.4 is 0 Å². The first-order valence-electron chi connectivity index (χ1n) is 9.48. The molecular formula is C24H26O2. The molecule has 0 bridgehead atoms. The van der Waals surface area contributed by atoms with E-state index < -0.39 is 0 Å². The summed E-state index contributed by atoms with van der Waals surface area (Å²) in [5.74, 6) is 0.650. The highest BCUT2D eigenvalue weighted by atomic mass is 16.1. The highest BCUT2D eigenvalue weighted by molar-refractivity contribution is 5.88. The first-order valence-corrected chi connectivity index (χ1v) is 9.48. The fourth-order valence-electron chi connectivity index (χ4n) is 3.81. The Labute approximate surface area is 155 Å². The molecule has 26 heavy (non-hydrogen) atoms. The van der Waals surface area contributed by atoms with Crippen LogP contribution in [-0.4, -0.2) is 11.6 Å². The van der Waals surface area contributed by atoms with Crippen molar-refractivity contribution in [2.24, 2.45) is 5.92 Å². The van der Waals surface area contributed by atoms with Crippen molar-refractivity contribution in [3.8, 4) is 0 Å². The van der Waals surface area contributed by atoms with Gasteiger partial charge < -0.3 is 4.79 Å². The second-order valence-electron chi connectivity index (χ2n) is 7.18. The highest BCUT2D eigenvalue weighted by Crippen LogP contribution is 2.43. The number of Topliss-reactive ketones (excluding diaryl/α,β-unsaturated/α-hetero) is 2. The van der Waals surface area contributed by atoms with E-state index in [1.807, 2.05) is 36.4 Å². The first kappa shape index (κ1) is 18.3. The number of hydrogen-bond acceptors (Lipinski definition) is 2. The van der Waals surface area contributed by atoms with E-state index in [1.54, 1.807) is 6.92 Å². The summed E-state index contributed by atoms with van der Waals surface area (Å²) >= 11 is 0. The lowest BCUT2D eigenvalue weighted by Crippen LogP contribution is -2.17. The van der Waals surface area contributed by atoms with Crippen molar-refractivity contribution < 1.29 is 9.59 Å². The van der Waals surface area contributed by atoms with E-state index in [0.29, 0.717) is 18.6 Å². The quantitative estimate of drug-likeness (QED) is 0.584. The minimum Gasteiger partial charge on any atom is -0.300 e. The van der Waals surface area contributed by atoms with Crippen molar-refractivity contribution in [1.29, 1.82) is 0 Å². The standard InChI is InChI=1S/C24H26O2/c1-18(25)10-8-9-15-24(26)23-17-21(19-11-4-2-5-12-19)16-22(23)20-13-6-3-7-14-20/h2-7,11-14,17,22-23H,8-10,15-16H2,1H3. The van der Waals surface area contributed by atoms with Gasteiger partial charge in [0, 0.05) is 24.7 Å². The van der Waals surface area contributed by atoms with Gasteiger partial charge in [0.15, 0.2) is 0 Å². The predicted octanol–water partition coefficient (Wildman–Crippen LogP) is 5.59. The van der Waals surface area contributed by atoms with Gasteiger partial charge in [0.1, 0.15) is 11.6 Å². The zero-order chi connectivity index (χ0) is 18.4. The lowest BCUT2D eigenvalue weighted by molar-refractivity contribution is -0.122. The van der Waals surface area contributed by atoms with Gasteiger partial charge >= 0.3 is 0 Å². The molecule has 0 aliphatic heterocycles. The molecule has 0 N–H and O–H groups in total. The third kappa shape index (κ3) is 4.57. The molecule has 0 saturated heterocycles. The molecule has 3 rings (SSSR count). The molecule has 1 aliphatic carbocycles. The predicted molar refractivity (Wildman–Crippen MR) is 106 cm³/mol. The molecule has 2 atom stereocenters. The molecule has 0 heterocycles. The summed E-state index contributed by atoms with van der Waals surface area (Å²) in [4.78, 5) is 24.0. The molecule has 1 aliphatic rings. The Bertz CT molecular complexity index is 774. The second kappa shape index (κ2) is 8.75. The second-order valence-corrected chi connectivity index (χ2v) is 7.18. The summed E-state index contributed by atoms with van der Waals surface area (Å²) in [6.45, 7) is 1.61. The minimum absolute atomic E-state index is 0.0649. The number of rotatable bonds is 8. The SMILES string of the molecule is CC(=O)CCCCC(=O)C1C=C(c2ccccc2)CC1c1ccccc1. The van der Waals surface area contributed by atoms with Crippen molar-refractivity contribution in [2.75, 3.05) is 0 Å². The van der Waals surface area contributed by atoms with Crippen LogP contribution in [0.3, 0.4) is 0 Å². The van der Waals surface area contributed by atoms with Crippen LogP contribution in [0, 0.1) is 5.92 Å². The van der Waals surface area contributed by atoms with Gasteiger partial charge in [-0.1, -0.05) is 66.7 Å². The Morgan fingerprint density at radius 1 is 0.885 bits per heavy atom. The molecule has 134 valence electrons. The van der Waals surface area contributed by atoms with E-state index in [1.165, 1.54) is 16.7 Å². The number of ketones is 2. The van der Waals surface area contributed by atoms with E-state index in [4.69, 9.17) is 0 Å². The third-order valence-electron chi connectivity index (χ3n) is 5.20. The third-order valence-corrected chi connectivity index (χ3v) is 5.20. The maximum absolute atomic E-state index is 12.9. The lowest BCUT2D eigenvalue weighted by Gasteiger charge is -2.19. The Morgan fingerprint density at radius 2 is 1.50 bits per heavy atom. The van der Waals surface area contributed by atoms with Crippen LogP contribution >= 0.6 is 0 Å². The van der Waals surface area contributed by atoms with Crippen molar-refractivity contribution in [2.45, 2.75) is 44.9 Å². The maximum Gasteiger partial charge on any atom is 0.140 e. The first-order chi connectivity index (χ1) is 12.6. The molecule has 2 nitrogen and oxygen atoms in total. The molecule has 2 aromatic rings. The fraction of sp³-hybridized carbons (Fsp3) is 0.333. The Morgan fingerprint density at radius 3 is 2.15 bits per heavy atom. The monoisotopic (exact) mass is 346 g/mol. The van der Waals surface area contributed by atoms with Crippen LogP contribution in [0.15, 0.2) is 66.7 Å². The topological polar surface area (TPSA) is 34.1 Å². The van der Waals surface area contributed by atoms with E-state index in [-0.39, 0.29) is 17.6 Å². The van der Waals surface area contributed by atoms with Gasteiger partial charge in [-0.15, -0.1) is 0 Å². The van der Waals surface area contributed by atoms with Crippen LogP contribution in [0.5, 0.6) is 0 Å². The summed E-state index contributed by atoms with van der Waals surface area (Å²) in [6.07, 6.45) is 5.81. The molecule has 0 saturated carbocycles. The number of carbonyl (C=O) groups is 2. The van der Waals surface area contributed by atoms with Gasteiger partial charge in [0.05, 0.1) is 0 Å². The van der Waals surface area contributed by atoms with Crippen molar-refractivity contribution in [3.63, 3.8) is 0 Å². The van der Waals surface area contributed by atoms with E-state index in [9.17, 15) is 9.59 Å². The van der Waals surface area contributed by atoms with Crippen LogP contribution in [0.25, 0.3) is 5.57 Å². The summed E-state index contributed by atoms with van der Waals surface area (Å²) in [5.41, 5.74) is 3.71. The van der Waals surface area contributed by atoms with Crippen molar-refractivity contribution >= 4 is 17.1 Å². The highest BCUT2D eigenvalue weighted by Gasteiger charge is 2.33. The van der Waals surface area contributed by atoms with E-state index in [2.05, 4.69) is 30.3 Å². The Kier molecular flexibility index (Phi) is 6.17. The zero-order valence-corrected chi connectivity index (χ0v) is 15.4. The molecule has 2 heteroatoms. The summed E-state index contributed by atoms with van der Waals surface area (Å²) in [5, 5.41) is 0. The minimum atomic E-state index is -0.0649. The average molecular weight is 346 g/mol. The smallest absolute Gasteiger partial charge is 0.140 e. The van der Waals surface area contributed by atoms with E-state index in [0.717, 1.165) is 19.3 Å². The molecule has 0 spiro atoms. The van der Waals surface area contributed by atoms with Gasteiger partial charge in [-0.2, -0.15) is 0 Å². The van der Waals surface area contributed by atoms with Gasteiger partial charge in [-0.25, -0.2) is 0 Å². The molecule has 2 unspecified atom stereocenters. The summed E-state index contributed by atoms with van der Waals surface area (Å²) < 4.78 is 0. The van der Waals surface area contributed by atoms with Gasteiger partial charge in [0.25, 0.3) is 0 Å². The number of carbonyl (C=O) groups excluding carboxylic acids is 2. The van der Waals surface area contributed by atoms with Crippen molar-refractivity contribution in [1.82, 2.24) is 0 Å². The largest absolute Gasteiger partial charge is 0.300 e. The van der Waals surface area contributed by atoms with Crippen LogP contribution in [0.1, 0.15) is 56.1 Å². The summed E-state index contributed by atoms with van der Waals surface area (Å²) in [6, 6.07) is 20.7. The van der Waals surface area contributed by atoms with Crippen molar-refractivity contribution in [3.05, 3.63) is 77.9 Å². The molecule has 0 amide bonds. The molecule has 0 aromatic heterocycles.